The van der Waals surface area contributed by atoms with Crippen molar-refractivity contribution < 1.29 is 0 Å². The van der Waals surface area contributed by atoms with Gasteiger partial charge in [0.15, 0.2) is 0 Å². The van der Waals surface area contributed by atoms with Crippen molar-refractivity contribution in [3.63, 3.8) is 0 Å². The smallest absolute Gasteiger partial charge is 0.0666 e. The minimum atomic E-state index is -0.0424. The molecule has 0 fully saturated rings. The Hall–Kier alpha value is -1.34. The Morgan fingerprint density at radius 3 is 2.44 bits per heavy atom. The van der Waals surface area contributed by atoms with Gasteiger partial charge in [0.2, 0.25) is 0 Å². The summed E-state index contributed by atoms with van der Waals surface area (Å²) < 4.78 is 0. The molecule has 2 rings (SSSR count). The second-order valence-electron chi connectivity index (χ2n) is 4.79. The van der Waals surface area contributed by atoms with E-state index in [9.17, 15) is 0 Å². The molecule has 0 saturated heterocycles. The number of aromatic nitrogens is 1. The number of halogens is 1. The Kier molecular flexibility index (Phi) is 4.03. The number of pyridine rings is 1. The highest BCUT2D eigenvalue weighted by Crippen LogP contribution is 2.35. The molecule has 0 N–H and O–H groups in total. The molecule has 0 aliphatic heterocycles. The van der Waals surface area contributed by atoms with Gasteiger partial charge in [-0.1, -0.05) is 31.2 Å². The van der Waals surface area contributed by atoms with Gasteiger partial charge >= 0.3 is 0 Å². The van der Waals surface area contributed by atoms with Crippen LogP contribution in [0.15, 0.2) is 42.6 Å². The van der Waals surface area contributed by atoms with Crippen LogP contribution in [0.4, 0.5) is 0 Å². The van der Waals surface area contributed by atoms with Gasteiger partial charge in [-0.25, -0.2) is 0 Å². The summed E-state index contributed by atoms with van der Waals surface area (Å²) in [7, 11) is 0. The summed E-state index contributed by atoms with van der Waals surface area (Å²) in [5.74, 6) is 0.204. The molecule has 1 aromatic heterocycles. The van der Waals surface area contributed by atoms with Gasteiger partial charge in [0, 0.05) is 17.8 Å². The molecule has 0 saturated carbocycles. The normalized spacial score (nSPS) is 14.2. The molecule has 94 valence electrons. The maximum absolute atomic E-state index is 6.58. The number of aryl methyl sites for hydroxylation is 2. The van der Waals surface area contributed by atoms with Crippen LogP contribution in [-0.4, -0.2) is 4.98 Å². The highest BCUT2D eigenvalue weighted by molar-refractivity contribution is 6.21. The third kappa shape index (κ3) is 2.73. The third-order valence-corrected chi connectivity index (χ3v) is 4.07. The number of hydrogen-bond acceptors (Lipinski definition) is 1. The number of benzene rings is 1. The van der Waals surface area contributed by atoms with Crippen molar-refractivity contribution in [1.82, 2.24) is 4.98 Å². The van der Waals surface area contributed by atoms with Crippen LogP contribution < -0.4 is 0 Å². The van der Waals surface area contributed by atoms with E-state index in [1.165, 1.54) is 11.1 Å². The van der Waals surface area contributed by atoms with Crippen LogP contribution >= 0.6 is 11.6 Å². The van der Waals surface area contributed by atoms with Crippen molar-refractivity contribution in [3.8, 4) is 0 Å². The predicted molar refractivity (Wildman–Crippen MR) is 77.2 cm³/mol. The first-order valence-electron chi connectivity index (χ1n) is 6.21. The van der Waals surface area contributed by atoms with Crippen molar-refractivity contribution in [2.45, 2.75) is 32.1 Å². The maximum Gasteiger partial charge on any atom is 0.0666 e. The van der Waals surface area contributed by atoms with Crippen molar-refractivity contribution >= 4 is 11.6 Å². The number of nitrogens with zero attached hydrogens (tertiary/aromatic N) is 1. The molecule has 1 aromatic carbocycles. The quantitative estimate of drug-likeness (QED) is 0.723. The van der Waals surface area contributed by atoms with Gasteiger partial charge in [0.25, 0.3) is 0 Å². The highest BCUT2D eigenvalue weighted by Gasteiger charge is 2.19. The zero-order valence-corrected chi connectivity index (χ0v) is 11.8. The van der Waals surface area contributed by atoms with Crippen LogP contribution in [0.3, 0.4) is 0 Å². The summed E-state index contributed by atoms with van der Waals surface area (Å²) in [6.45, 7) is 6.35. The van der Waals surface area contributed by atoms with Gasteiger partial charge in [-0.05, 0) is 42.7 Å². The van der Waals surface area contributed by atoms with E-state index in [1.807, 2.05) is 24.4 Å². The van der Waals surface area contributed by atoms with Gasteiger partial charge in [0.1, 0.15) is 0 Å². The van der Waals surface area contributed by atoms with Crippen LogP contribution in [0.25, 0.3) is 0 Å². The van der Waals surface area contributed by atoms with Gasteiger partial charge in [-0.3, -0.25) is 4.98 Å². The van der Waals surface area contributed by atoms with Gasteiger partial charge < -0.3 is 0 Å². The van der Waals surface area contributed by atoms with Crippen molar-refractivity contribution in [3.05, 3.63) is 65.0 Å². The van der Waals surface area contributed by atoms with Crippen molar-refractivity contribution in [2.24, 2.45) is 0 Å². The van der Waals surface area contributed by atoms with Crippen LogP contribution in [0.5, 0.6) is 0 Å². The topological polar surface area (TPSA) is 12.9 Å². The molecule has 0 spiro atoms. The third-order valence-electron chi connectivity index (χ3n) is 3.44. The molecule has 0 radical (unpaired) electrons. The molecule has 2 heteroatoms. The van der Waals surface area contributed by atoms with Gasteiger partial charge in [-0.2, -0.15) is 0 Å². The largest absolute Gasteiger partial charge is 0.261 e. The van der Waals surface area contributed by atoms with E-state index >= 15 is 0 Å². The molecule has 2 unspecified atom stereocenters. The molecule has 0 amide bonds. The van der Waals surface area contributed by atoms with E-state index in [4.69, 9.17) is 11.6 Å². The van der Waals surface area contributed by atoms with Crippen LogP contribution in [0.2, 0.25) is 0 Å². The zero-order valence-electron chi connectivity index (χ0n) is 11.0. The van der Waals surface area contributed by atoms with Crippen molar-refractivity contribution in [2.75, 3.05) is 0 Å². The Bertz CT molecular complexity index is 522. The first-order valence-corrected chi connectivity index (χ1v) is 6.65. The number of alkyl halides is 1. The lowest BCUT2D eigenvalue weighted by Crippen LogP contribution is -2.04. The molecule has 0 aliphatic rings. The summed E-state index contributed by atoms with van der Waals surface area (Å²) in [4.78, 5) is 4.38. The van der Waals surface area contributed by atoms with E-state index in [-0.39, 0.29) is 11.3 Å². The fourth-order valence-corrected chi connectivity index (χ4v) is 2.28. The fourth-order valence-electron chi connectivity index (χ4n) is 2.02. The van der Waals surface area contributed by atoms with E-state index in [2.05, 4.69) is 44.0 Å². The van der Waals surface area contributed by atoms with Crippen molar-refractivity contribution in [1.29, 1.82) is 0 Å². The van der Waals surface area contributed by atoms with Crippen LogP contribution in [-0.2, 0) is 0 Å². The summed E-state index contributed by atoms with van der Waals surface area (Å²) in [5, 5.41) is -0.0424. The van der Waals surface area contributed by atoms with Crippen LogP contribution in [0, 0.1) is 13.8 Å². The standard InChI is InChI=1S/C16H18ClN/c1-11-7-8-14(10-12(11)2)16(17)13(3)15-6-4-5-9-18-15/h4-10,13,16H,1-3H3. The molecule has 0 bridgehead atoms. The number of rotatable bonds is 3. The second-order valence-corrected chi connectivity index (χ2v) is 5.26. The fraction of sp³-hybridized carbons (Fsp3) is 0.312. The lowest BCUT2D eigenvalue weighted by molar-refractivity contribution is 0.706. The Morgan fingerprint density at radius 1 is 1.06 bits per heavy atom. The summed E-state index contributed by atoms with van der Waals surface area (Å²) in [6.07, 6.45) is 1.82. The van der Waals surface area contributed by atoms with E-state index < -0.39 is 0 Å². The minimum absolute atomic E-state index is 0.0424. The van der Waals surface area contributed by atoms with Gasteiger partial charge in [-0.15, -0.1) is 11.6 Å². The summed E-state index contributed by atoms with van der Waals surface area (Å²) in [5.41, 5.74) is 4.79. The molecule has 18 heavy (non-hydrogen) atoms. The monoisotopic (exact) mass is 259 g/mol. The molecule has 2 aromatic rings. The predicted octanol–water partition coefficient (Wildman–Crippen LogP) is 4.78. The first-order chi connectivity index (χ1) is 8.59. The lowest BCUT2D eigenvalue weighted by Gasteiger charge is -2.18. The Morgan fingerprint density at radius 2 is 1.83 bits per heavy atom. The van der Waals surface area contributed by atoms with E-state index in [0.29, 0.717) is 0 Å². The molecule has 0 aliphatic carbocycles. The lowest BCUT2D eigenvalue weighted by atomic mass is 9.95. The average molecular weight is 260 g/mol. The second kappa shape index (κ2) is 5.53. The van der Waals surface area contributed by atoms with Gasteiger partial charge in [0.05, 0.1) is 5.38 Å². The summed E-state index contributed by atoms with van der Waals surface area (Å²) >= 11 is 6.58. The molecular weight excluding hydrogens is 242 g/mol. The molecule has 1 heterocycles. The Labute approximate surface area is 114 Å². The molecular formula is C16H18ClN. The SMILES string of the molecule is Cc1ccc(C(Cl)C(C)c2ccccn2)cc1C. The first kappa shape index (κ1) is 13.1. The minimum Gasteiger partial charge on any atom is -0.261 e. The molecule has 1 nitrogen and oxygen atoms in total. The number of hydrogen-bond donors (Lipinski definition) is 0. The van der Waals surface area contributed by atoms with E-state index in [0.717, 1.165) is 11.3 Å². The van der Waals surface area contributed by atoms with Crippen LogP contribution in [0.1, 0.15) is 40.6 Å². The summed E-state index contributed by atoms with van der Waals surface area (Å²) in [6, 6.07) is 12.4. The Balaban J connectivity index is 2.25. The maximum atomic E-state index is 6.58. The molecule has 2 atom stereocenters. The van der Waals surface area contributed by atoms with E-state index in [1.54, 1.807) is 0 Å². The highest BCUT2D eigenvalue weighted by atomic mass is 35.5. The zero-order chi connectivity index (χ0) is 13.1. The average Bonchev–Trinajstić information content (AvgIpc) is 2.41.